The fourth-order valence-electron chi connectivity index (χ4n) is 1.11. The van der Waals surface area contributed by atoms with Crippen LogP contribution in [0.5, 0.6) is 0 Å². The highest BCUT2D eigenvalue weighted by atomic mass is 16.4. The Morgan fingerprint density at radius 3 is 2.59 bits per heavy atom. The Bertz CT molecular complexity index is 572. The maximum atomic E-state index is 10.7. The van der Waals surface area contributed by atoms with Crippen LogP contribution in [0.1, 0.15) is 0 Å². The van der Waals surface area contributed by atoms with E-state index >= 15 is 0 Å². The Morgan fingerprint density at radius 1 is 1.29 bits per heavy atom. The zero-order chi connectivity index (χ0) is 12.7. The quantitative estimate of drug-likeness (QED) is 0.600. The van der Waals surface area contributed by atoms with Crippen molar-refractivity contribution in [2.75, 3.05) is 7.05 Å². The van der Waals surface area contributed by atoms with Crippen molar-refractivity contribution in [1.82, 2.24) is 5.32 Å². The summed E-state index contributed by atoms with van der Waals surface area (Å²) in [5, 5.41) is 3.31. The molecule has 17 heavy (non-hydrogen) atoms. The van der Waals surface area contributed by atoms with Gasteiger partial charge in [-0.1, -0.05) is 24.8 Å². The van der Waals surface area contributed by atoms with Crippen LogP contribution in [-0.4, -0.2) is 13.0 Å². The molecule has 0 spiro atoms. The van der Waals surface area contributed by atoms with Crippen molar-refractivity contribution in [3.05, 3.63) is 59.5 Å². The number of nitrogens with one attached hydrogen (secondary N) is 1. The van der Waals surface area contributed by atoms with E-state index in [1.54, 1.807) is 19.2 Å². The molecule has 4 nitrogen and oxygen atoms in total. The molecule has 0 bridgehead atoms. The molecule has 0 unspecified atom stereocenters. The zero-order valence-electron chi connectivity index (χ0n) is 9.47. The minimum atomic E-state index is -0.302. The van der Waals surface area contributed by atoms with Crippen molar-refractivity contribution in [1.29, 1.82) is 0 Å². The summed E-state index contributed by atoms with van der Waals surface area (Å²) in [6.45, 7) is 3.22. The summed E-state index contributed by atoms with van der Waals surface area (Å²) in [4.78, 5) is 20.7. The third kappa shape index (κ3) is 3.95. The van der Waals surface area contributed by atoms with Crippen molar-refractivity contribution >= 4 is 16.9 Å². The van der Waals surface area contributed by atoms with Gasteiger partial charge in [-0.25, -0.2) is 4.79 Å². The second kappa shape index (κ2) is 6.27. The monoisotopic (exact) mass is 231 g/mol. The molecule has 1 amide bonds. The van der Waals surface area contributed by atoms with E-state index in [0.29, 0.717) is 5.58 Å². The van der Waals surface area contributed by atoms with Crippen LogP contribution < -0.4 is 10.9 Å². The lowest BCUT2D eigenvalue weighted by Gasteiger charge is -1.91. The number of carbonyl (C=O) groups excluding carboxylic acids is 1. The summed E-state index contributed by atoms with van der Waals surface area (Å²) in [5.74, 6) is -0.144. The van der Waals surface area contributed by atoms with Gasteiger partial charge < -0.3 is 9.73 Å². The van der Waals surface area contributed by atoms with Gasteiger partial charge in [0, 0.05) is 18.5 Å². The van der Waals surface area contributed by atoms with Gasteiger partial charge in [0.1, 0.15) is 5.58 Å². The lowest BCUT2D eigenvalue weighted by atomic mass is 10.2. The minimum Gasteiger partial charge on any atom is -0.423 e. The maximum absolute atomic E-state index is 10.7. The van der Waals surface area contributed by atoms with Crippen molar-refractivity contribution < 1.29 is 9.21 Å². The zero-order valence-corrected chi connectivity index (χ0v) is 9.47. The predicted octanol–water partition coefficient (Wildman–Crippen LogP) is 1.71. The number of para-hydroxylation sites is 1. The SMILES string of the molecule is C=CC(=O)NC.O=c1ccc2ccccc2o1. The summed E-state index contributed by atoms with van der Waals surface area (Å²) in [6.07, 6.45) is 1.22. The molecule has 0 saturated carbocycles. The van der Waals surface area contributed by atoms with E-state index in [1.807, 2.05) is 18.2 Å². The molecule has 1 aromatic heterocycles. The summed E-state index contributed by atoms with van der Waals surface area (Å²) < 4.78 is 4.91. The third-order valence-electron chi connectivity index (χ3n) is 1.96. The standard InChI is InChI=1S/C9H6O2.C4H7NO/c10-9-6-5-7-3-1-2-4-8(7)11-9;1-3-4(6)5-2/h1-6H;3H,1H2,2H3,(H,5,6). The second-order valence-corrected chi connectivity index (χ2v) is 3.11. The van der Waals surface area contributed by atoms with Gasteiger partial charge in [-0.15, -0.1) is 0 Å². The number of amides is 1. The Balaban J connectivity index is 0.000000209. The molecule has 0 atom stereocenters. The lowest BCUT2D eigenvalue weighted by Crippen LogP contribution is -2.13. The van der Waals surface area contributed by atoms with E-state index in [9.17, 15) is 9.59 Å². The fraction of sp³-hybridized carbons (Fsp3) is 0.0769. The first-order valence-corrected chi connectivity index (χ1v) is 5.00. The topological polar surface area (TPSA) is 59.3 Å². The number of benzene rings is 1. The highest BCUT2D eigenvalue weighted by Gasteiger charge is 1.92. The Labute approximate surface area is 98.6 Å². The Morgan fingerprint density at radius 2 is 2.00 bits per heavy atom. The highest BCUT2D eigenvalue weighted by molar-refractivity contribution is 5.86. The fourth-order valence-corrected chi connectivity index (χ4v) is 1.11. The first-order valence-electron chi connectivity index (χ1n) is 5.00. The number of hydrogen-bond acceptors (Lipinski definition) is 3. The molecule has 0 radical (unpaired) electrons. The minimum absolute atomic E-state index is 0.144. The van der Waals surface area contributed by atoms with Crippen molar-refractivity contribution in [2.45, 2.75) is 0 Å². The molecule has 0 aliphatic heterocycles. The number of fused-ring (bicyclic) bond motifs is 1. The van der Waals surface area contributed by atoms with E-state index < -0.39 is 0 Å². The highest BCUT2D eigenvalue weighted by Crippen LogP contribution is 2.08. The average Bonchev–Trinajstić information content (AvgIpc) is 2.38. The van der Waals surface area contributed by atoms with Crippen LogP contribution in [0.15, 0.2) is 58.3 Å². The van der Waals surface area contributed by atoms with Gasteiger partial charge in [0.05, 0.1) is 0 Å². The number of rotatable bonds is 1. The van der Waals surface area contributed by atoms with Crippen LogP contribution in [0.4, 0.5) is 0 Å². The van der Waals surface area contributed by atoms with Crippen LogP contribution in [0, 0.1) is 0 Å². The molecule has 1 heterocycles. The molecule has 2 rings (SSSR count). The van der Waals surface area contributed by atoms with Crippen molar-refractivity contribution in [3.8, 4) is 0 Å². The van der Waals surface area contributed by atoms with Crippen LogP contribution in [-0.2, 0) is 4.79 Å². The second-order valence-electron chi connectivity index (χ2n) is 3.11. The molecule has 2 aromatic rings. The smallest absolute Gasteiger partial charge is 0.336 e. The predicted molar refractivity (Wildman–Crippen MR) is 66.7 cm³/mol. The molecular weight excluding hydrogens is 218 g/mol. The van der Waals surface area contributed by atoms with Crippen LogP contribution in [0.2, 0.25) is 0 Å². The normalized spacial score (nSPS) is 9.00. The summed E-state index contributed by atoms with van der Waals surface area (Å²) >= 11 is 0. The molecule has 4 heteroatoms. The van der Waals surface area contributed by atoms with Crippen LogP contribution >= 0.6 is 0 Å². The molecule has 0 aliphatic carbocycles. The molecule has 0 saturated heterocycles. The number of likely N-dealkylation sites (N-methyl/N-ethyl adjacent to an activating group) is 1. The van der Waals surface area contributed by atoms with E-state index in [4.69, 9.17) is 4.42 Å². The van der Waals surface area contributed by atoms with Gasteiger partial charge in [0.2, 0.25) is 5.91 Å². The van der Waals surface area contributed by atoms with Crippen molar-refractivity contribution in [3.63, 3.8) is 0 Å². The molecular formula is C13H13NO3. The molecule has 1 aromatic carbocycles. The molecule has 88 valence electrons. The Kier molecular flexibility index (Phi) is 4.69. The average molecular weight is 231 g/mol. The van der Waals surface area contributed by atoms with Crippen molar-refractivity contribution in [2.24, 2.45) is 0 Å². The van der Waals surface area contributed by atoms with Gasteiger partial charge in [-0.05, 0) is 18.2 Å². The third-order valence-corrected chi connectivity index (χ3v) is 1.96. The molecule has 1 N–H and O–H groups in total. The largest absolute Gasteiger partial charge is 0.423 e. The van der Waals surface area contributed by atoms with Gasteiger partial charge in [-0.3, -0.25) is 4.79 Å². The summed E-state index contributed by atoms with van der Waals surface area (Å²) in [6, 6.07) is 10.6. The molecule has 0 aliphatic rings. The summed E-state index contributed by atoms with van der Waals surface area (Å²) in [5.41, 5.74) is 0.337. The van der Waals surface area contributed by atoms with E-state index in [2.05, 4.69) is 11.9 Å². The summed E-state index contributed by atoms with van der Waals surface area (Å²) in [7, 11) is 1.56. The van der Waals surface area contributed by atoms with Crippen LogP contribution in [0.25, 0.3) is 11.0 Å². The van der Waals surface area contributed by atoms with Gasteiger partial charge in [0.15, 0.2) is 0 Å². The first-order chi connectivity index (χ1) is 8.17. The number of carbonyl (C=O) groups is 1. The van der Waals surface area contributed by atoms with Gasteiger partial charge in [0.25, 0.3) is 0 Å². The lowest BCUT2D eigenvalue weighted by molar-refractivity contribution is -0.116. The number of hydrogen-bond donors (Lipinski definition) is 1. The van der Waals surface area contributed by atoms with Gasteiger partial charge in [-0.2, -0.15) is 0 Å². The van der Waals surface area contributed by atoms with E-state index in [1.165, 1.54) is 12.1 Å². The molecule has 0 fully saturated rings. The Hall–Kier alpha value is -2.36. The first kappa shape index (κ1) is 12.7. The van der Waals surface area contributed by atoms with E-state index in [-0.39, 0.29) is 11.5 Å². The van der Waals surface area contributed by atoms with Gasteiger partial charge >= 0.3 is 5.63 Å². The van der Waals surface area contributed by atoms with Crippen LogP contribution in [0.3, 0.4) is 0 Å². The maximum Gasteiger partial charge on any atom is 0.336 e. The van der Waals surface area contributed by atoms with E-state index in [0.717, 1.165) is 5.39 Å².